The van der Waals surface area contributed by atoms with Gasteiger partial charge in [-0.15, -0.1) is 0 Å². The molecule has 1 aromatic carbocycles. The van der Waals surface area contributed by atoms with Crippen LogP contribution in [-0.4, -0.2) is 22.2 Å². The van der Waals surface area contributed by atoms with Gasteiger partial charge in [0, 0.05) is 0 Å². The van der Waals surface area contributed by atoms with Crippen molar-refractivity contribution in [2.24, 2.45) is 0 Å². The Hall–Kier alpha value is -1.84. The highest BCUT2D eigenvalue weighted by molar-refractivity contribution is 6.04. The fourth-order valence-electron chi connectivity index (χ4n) is 1.64. The van der Waals surface area contributed by atoms with E-state index in [0.29, 0.717) is 12.0 Å². The normalized spacial score (nSPS) is 11.1. The molecule has 16 heavy (non-hydrogen) atoms. The van der Waals surface area contributed by atoms with E-state index in [0.717, 1.165) is 5.56 Å². The van der Waals surface area contributed by atoms with E-state index in [1.807, 2.05) is 6.92 Å². The Bertz CT molecular complexity index is 409. The minimum Gasteiger partial charge on any atom is -0.480 e. The Balaban J connectivity index is 3.43. The highest BCUT2D eigenvalue weighted by Gasteiger charge is 2.44. The summed E-state index contributed by atoms with van der Waals surface area (Å²) in [5, 5.41) is 18.2. The summed E-state index contributed by atoms with van der Waals surface area (Å²) in [7, 11) is 0. The van der Waals surface area contributed by atoms with Gasteiger partial charge in [-0.3, -0.25) is 9.59 Å². The van der Waals surface area contributed by atoms with E-state index in [2.05, 4.69) is 0 Å². The van der Waals surface area contributed by atoms with Gasteiger partial charge in [-0.2, -0.15) is 0 Å². The van der Waals surface area contributed by atoms with Crippen LogP contribution in [0.25, 0.3) is 0 Å². The Morgan fingerprint density at radius 3 is 2.12 bits per heavy atom. The second kappa shape index (κ2) is 4.35. The standard InChI is InChI=1S/C12H14O4/c1-3-8-6-4-5-7-9(8)12(2,10(13)14)11(15)16/h4-7H,3H2,1-2H3,(H,13,14)(H,15,16). The lowest BCUT2D eigenvalue weighted by Gasteiger charge is -2.22. The Morgan fingerprint density at radius 2 is 1.69 bits per heavy atom. The average Bonchev–Trinajstić information content (AvgIpc) is 2.27. The molecule has 0 aromatic heterocycles. The van der Waals surface area contributed by atoms with Crippen molar-refractivity contribution >= 4 is 11.9 Å². The molecule has 0 unspecified atom stereocenters. The minimum absolute atomic E-state index is 0.345. The lowest BCUT2D eigenvalue weighted by Crippen LogP contribution is -2.41. The van der Waals surface area contributed by atoms with Gasteiger partial charge in [0.25, 0.3) is 0 Å². The largest absolute Gasteiger partial charge is 0.480 e. The third-order valence-corrected chi connectivity index (χ3v) is 2.79. The fraction of sp³-hybridized carbons (Fsp3) is 0.333. The average molecular weight is 222 g/mol. The monoisotopic (exact) mass is 222 g/mol. The maximum absolute atomic E-state index is 11.2. The first-order chi connectivity index (χ1) is 7.44. The van der Waals surface area contributed by atoms with Gasteiger partial charge in [-0.1, -0.05) is 31.2 Å². The molecule has 2 N–H and O–H groups in total. The summed E-state index contributed by atoms with van der Waals surface area (Å²) in [5.74, 6) is -2.69. The lowest BCUT2D eigenvalue weighted by molar-refractivity contribution is -0.156. The first-order valence-corrected chi connectivity index (χ1v) is 4.99. The van der Waals surface area contributed by atoms with Crippen LogP contribution in [0.1, 0.15) is 25.0 Å². The maximum atomic E-state index is 11.2. The summed E-state index contributed by atoms with van der Waals surface area (Å²) in [6.07, 6.45) is 0.603. The van der Waals surface area contributed by atoms with Crippen molar-refractivity contribution < 1.29 is 19.8 Å². The van der Waals surface area contributed by atoms with E-state index in [-0.39, 0.29) is 0 Å². The molecule has 1 aromatic rings. The van der Waals surface area contributed by atoms with Crippen LogP contribution >= 0.6 is 0 Å². The van der Waals surface area contributed by atoms with Gasteiger partial charge in [0.15, 0.2) is 5.41 Å². The second-order valence-electron chi connectivity index (χ2n) is 3.75. The van der Waals surface area contributed by atoms with Gasteiger partial charge in [0.1, 0.15) is 0 Å². The highest BCUT2D eigenvalue weighted by atomic mass is 16.4. The molecule has 0 radical (unpaired) electrons. The smallest absolute Gasteiger partial charge is 0.325 e. The molecular weight excluding hydrogens is 208 g/mol. The number of carboxylic acids is 2. The zero-order valence-electron chi connectivity index (χ0n) is 9.23. The SMILES string of the molecule is CCc1ccccc1C(C)(C(=O)O)C(=O)O. The van der Waals surface area contributed by atoms with Crippen LogP contribution in [-0.2, 0) is 21.4 Å². The molecule has 0 spiro atoms. The van der Waals surface area contributed by atoms with E-state index in [9.17, 15) is 9.59 Å². The van der Waals surface area contributed by atoms with E-state index in [1.54, 1.807) is 24.3 Å². The van der Waals surface area contributed by atoms with Gasteiger partial charge in [-0.05, 0) is 24.5 Å². The predicted molar refractivity (Wildman–Crippen MR) is 58.4 cm³/mol. The zero-order valence-corrected chi connectivity index (χ0v) is 9.23. The number of hydrogen-bond acceptors (Lipinski definition) is 2. The number of carboxylic acid groups (broad SMARTS) is 2. The lowest BCUT2D eigenvalue weighted by atomic mass is 9.79. The molecular formula is C12H14O4. The van der Waals surface area contributed by atoms with Crippen LogP contribution < -0.4 is 0 Å². The van der Waals surface area contributed by atoms with Crippen molar-refractivity contribution in [2.75, 3.05) is 0 Å². The summed E-state index contributed by atoms with van der Waals surface area (Å²) in [6, 6.07) is 6.73. The summed E-state index contributed by atoms with van der Waals surface area (Å²) >= 11 is 0. The van der Waals surface area contributed by atoms with Gasteiger partial charge >= 0.3 is 11.9 Å². The predicted octanol–water partition coefficient (Wildman–Crippen LogP) is 1.68. The van der Waals surface area contributed by atoms with Crippen molar-refractivity contribution in [3.05, 3.63) is 35.4 Å². The summed E-state index contributed by atoms with van der Waals surface area (Å²) in [4.78, 5) is 22.3. The van der Waals surface area contributed by atoms with Crippen molar-refractivity contribution in [3.63, 3.8) is 0 Å². The van der Waals surface area contributed by atoms with Crippen molar-refractivity contribution in [1.82, 2.24) is 0 Å². The molecule has 0 aliphatic rings. The molecule has 4 heteroatoms. The number of aryl methyl sites for hydroxylation is 1. The Labute approximate surface area is 93.5 Å². The molecule has 0 saturated heterocycles. The van der Waals surface area contributed by atoms with Gasteiger partial charge in [0.2, 0.25) is 0 Å². The van der Waals surface area contributed by atoms with Crippen molar-refractivity contribution in [3.8, 4) is 0 Å². The van der Waals surface area contributed by atoms with Crippen molar-refractivity contribution in [2.45, 2.75) is 25.7 Å². The number of hydrogen-bond donors (Lipinski definition) is 2. The van der Waals surface area contributed by atoms with E-state index in [1.165, 1.54) is 6.92 Å². The molecule has 0 amide bonds. The zero-order chi connectivity index (χ0) is 12.3. The van der Waals surface area contributed by atoms with Crippen LogP contribution in [0.5, 0.6) is 0 Å². The van der Waals surface area contributed by atoms with Crippen LogP contribution in [0.4, 0.5) is 0 Å². The van der Waals surface area contributed by atoms with E-state index < -0.39 is 17.4 Å². The third-order valence-electron chi connectivity index (χ3n) is 2.79. The second-order valence-corrected chi connectivity index (χ2v) is 3.75. The quantitative estimate of drug-likeness (QED) is 0.760. The molecule has 0 heterocycles. The molecule has 0 saturated carbocycles. The van der Waals surface area contributed by atoms with E-state index in [4.69, 9.17) is 10.2 Å². The Morgan fingerprint density at radius 1 is 1.19 bits per heavy atom. The molecule has 86 valence electrons. The summed E-state index contributed by atoms with van der Waals surface area (Å²) in [6.45, 7) is 3.08. The molecule has 0 aliphatic heterocycles. The first kappa shape index (κ1) is 12.2. The van der Waals surface area contributed by atoms with Crippen LogP contribution in [0, 0.1) is 0 Å². The van der Waals surface area contributed by atoms with Crippen LogP contribution in [0.2, 0.25) is 0 Å². The van der Waals surface area contributed by atoms with Gasteiger partial charge in [-0.25, -0.2) is 0 Å². The molecule has 0 atom stereocenters. The number of rotatable bonds is 4. The van der Waals surface area contributed by atoms with Crippen molar-refractivity contribution in [1.29, 1.82) is 0 Å². The topological polar surface area (TPSA) is 74.6 Å². The molecule has 4 nitrogen and oxygen atoms in total. The fourth-order valence-corrected chi connectivity index (χ4v) is 1.64. The molecule has 0 bridgehead atoms. The molecule has 1 rings (SSSR count). The maximum Gasteiger partial charge on any atom is 0.325 e. The number of carbonyl (C=O) groups is 2. The number of benzene rings is 1. The summed E-state index contributed by atoms with van der Waals surface area (Å²) < 4.78 is 0. The Kier molecular flexibility index (Phi) is 3.32. The van der Waals surface area contributed by atoms with Crippen LogP contribution in [0.3, 0.4) is 0 Å². The van der Waals surface area contributed by atoms with Gasteiger partial charge < -0.3 is 10.2 Å². The molecule has 0 aliphatic carbocycles. The van der Waals surface area contributed by atoms with Crippen LogP contribution in [0.15, 0.2) is 24.3 Å². The highest BCUT2D eigenvalue weighted by Crippen LogP contribution is 2.28. The van der Waals surface area contributed by atoms with E-state index >= 15 is 0 Å². The first-order valence-electron chi connectivity index (χ1n) is 4.99. The number of aliphatic carboxylic acids is 2. The third kappa shape index (κ3) is 1.78. The minimum atomic E-state index is -1.88. The molecule has 0 fully saturated rings. The summed E-state index contributed by atoms with van der Waals surface area (Å²) in [5.41, 5.74) is -0.792. The van der Waals surface area contributed by atoms with Gasteiger partial charge in [0.05, 0.1) is 0 Å².